The van der Waals surface area contributed by atoms with E-state index >= 15 is 0 Å². The minimum Gasteiger partial charge on any atom is -0.353 e. The minimum atomic E-state index is 0.212. The molecule has 0 atom stereocenters. The van der Waals surface area contributed by atoms with Gasteiger partial charge in [0.05, 0.1) is 0 Å². The standard InChI is InChI=1S/C13H26N2O/c1-11(2)7-9-14-10-8-13(16)15-12-5-3-4-6-12/h11-12,14H,3-10H2,1-2H3,(H,15,16). The van der Waals surface area contributed by atoms with E-state index < -0.39 is 0 Å². The predicted octanol–water partition coefficient (Wildman–Crippen LogP) is 2.07. The third-order valence-electron chi connectivity index (χ3n) is 3.15. The van der Waals surface area contributed by atoms with Gasteiger partial charge in [0.25, 0.3) is 0 Å². The van der Waals surface area contributed by atoms with Gasteiger partial charge in [-0.3, -0.25) is 4.79 Å². The summed E-state index contributed by atoms with van der Waals surface area (Å²) >= 11 is 0. The molecule has 0 radical (unpaired) electrons. The highest BCUT2D eigenvalue weighted by Crippen LogP contribution is 2.17. The quantitative estimate of drug-likeness (QED) is 0.653. The third-order valence-corrected chi connectivity index (χ3v) is 3.15. The van der Waals surface area contributed by atoms with Gasteiger partial charge in [0.15, 0.2) is 0 Å². The van der Waals surface area contributed by atoms with E-state index in [1.165, 1.54) is 32.1 Å². The molecule has 0 unspecified atom stereocenters. The Morgan fingerprint density at radius 1 is 1.25 bits per heavy atom. The van der Waals surface area contributed by atoms with Crippen molar-refractivity contribution in [2.24, 2.45) is 5.92 Å². The maximum atomic E-state index is 11.5. The van der Waals surface area contributed by atoms with Crippen molar-refractivity contribution in [3.05, 3.63) is 0 Å². The molecule has 1 rings (SSSR count). The van der Waals surface area contributed by atoms with E-state index in [4.69, 9.17) is 0 Å². The Kier molecular flexibility index (Phi) is 6.46. The summed E-state index contributed by atoms with van der Waals surface area (Å²) in [6.45, 7) is 6.27. The van der Waals surface area contributed by atoms with Crippen LogP contribution in [0.4, 0.5) is 0 Å². The lowest BCUT2D eigenvalue weighted by molar-refractivity contribution is -0.121. The van der Waals surface area contributed by atoms with E-state index in [1.54, 1.807) is 0 Å². The summed E-state index contributed by atoms with van der Waals surface area (Å²) in [5.74, 6) is 0.948. The van der Waals surface area contributed by atoms with Crippen molar-refractivity contribution in [1.29, 1.82) is 0 Å². The second kappa shape index (κ2) is 7.66. The van der Waals surface area contributed by atoms with Crippen LogP contribution in [0.2, 0.25) is 0 Å². The van der Waals surface area contributed by atoms with Crippen molar-refractivity contribution < 1.29 is 4.79 Å². The number of hydrogen-bond acceptors (Lipinski definition) is 2. The molecule has 0 bridgehead atoms. The lowest BCUT2D eigenvalue weighted by Gasteiger charge is -2.12. The number of hydrogen-bond donors (Lipinski definition) is 2. The summed E-state index contributed by atoms with van der Waals surface area (Å²) in [6.07, 6.45) is 6.70. The fraction of sp³-hybridized carbons (Fsp3) is 0.923. The molecule has 0 saturated heterocycles. The molecule has 3 nitrogen and oxygen atoms in total. The van der Waals surface area contributed by atoms with Gasteiger partial charge in [-0.1, -0.05) is 26.7 Å². The van der Waals surface area contributed by atoms with Crippen molar-refractivity contribution in [2.45, 2.75) is 58.4 Å². The van der Waals surface area contributed by atoms with Gasteiger partial charge in [0.2, 0.25) is 5.91 Å². The predicted molar refractivity (Wildman–Crippen MR) is 67.3 cm³/mol. The second-order valence-corrected chi connectivity index (χ2v) is 5.23. The molecule has 94 valence electrons. The van der Waals surface area contributed by atoms with Crippen molar-refractivity contribution >= 4 is 5.91 Å². The van der Waals surface area contributed by atoms with E-state index in [0.717, 1.165) is 19.0 Å². The zero-order chi connectivity index (χ0) is 11.8. The molecule has 2 N–H and O–H groups in total. The molecule has 1 amide bonds. The first kappa shape index (κ1) is 13.5. The van der Waals surface area contributed by atoms with E-state index in [9.17, 15) is 4.79 Å². The van der Waals surface area contributed by atoms with Gasteiger partial charge in [-0.15, -0.1) is 0 Å². The number of amides is 1. The summed E-state index contributed by atoms with van der Waals surface area (Å²) in [7, 11) is 0. The Hall–Kier alpha value is -0.570. The third kappa shape index (κ3) is 6.11. The molecule has 1 aliphatic carbocycles. The number of rotatable bonds is 7. The first-order chi connectivity index (χ1) is 7.68. The Balaban J connectivity index is 1.93. The van der Waals surface area contributed by atoms with Crippen LogP contribution in [0.5, 0.6) is 0 Å². The summed E-state index contributed by atoms with van der Waals surface area (Å²) < 4.78 is 0. The summed E-state index contributed by atoms with van der Waals surface area (Å²) in [4.78, 5) is 11.5. The molecule has 0 spiro atoms. The van der Waals surface area contributed by atoms with Gasteiger partial charge in [-0.05, 0) is 31.7 Å². The topological polar surface area (TPSA) is 41.1 Å². The smallest absolute Gasteiger partial charge is 0.221 e. The second-order valence-electron chi connectivity index (χ2n) is 5.23. The number of carbonyl (C=O) groups is 1. The van der Waals surface area contributed by atoms with Crippen LogP contribution in [-0.2, 0) is 4.79 Å². The average Bonchev–Trinajstić information content (AvgIpc) is 2.69. The van der Waals surface area contributed by atoms with Crippen LogP contribution in [-0.4, -0.2) is 25.0 Å². The van der Waals surface area contributed by atoms with Gasteiger partial charge in [0, 0.05) is 19.0 Å². The molecule has 0 heterocycles. The van der Waals surface area contributed by atoms with Crippen molar-refractivity contribution in [3.8, 4) is 0 Å². The molecule has 0 aromatic carbocycles. The number of nitrogens with one attached hydrogen (secondary N) is 2. The average molecular weight is 226 g/mol. The molecule has 16 heavy (non-hydrogen) atoms. The monoisotopic (exact) mass is 226 g/mol. The van der Waals surface area contributed by atoms with Crippen molar-refractivity contribution in [2.75, 3.05) is 13.1 Å². The molecule has 0 aromatic rings. The Morgan fingerprint density at radius 3 is 2.56 bits per heavy atom. The Morgan fingerprint density at radius 2 is 1.94 bits per heavy atom. The molecular weight excluding hydrogens is 200 g/mol. The molecular formula is C13H26N2O. The highest BCUT2D eigenvalue weighted by atomic mass is 16.1. The first-order valence-electron chi connectivity index (χ1n) is 6.68. The highest BCUT2D eigenvalue weighted by Gasteiger charge is 2.16. The molecule has 1 aliphatic rings. The zero-order valence-electron chi connectivity index (χ0n) is 10.7. The number of carbonyl (C=O) groups excluding carboxylic acids is 1. The summed E-state index contributed by atoms with van der Waals surface area (Å²) in [6, 6.07) is 0.461. The van der Waals surface area contributed by atoms with E-state index in [2.05, 4.69) is 24.5 Å². The van der Waals surface area contributed by atoms with E-state index in [0.29, 0.717) is 12.5 Å². The molecule has 3 heteroatoms. The van der Waals surface area contributed by atoms with Gasteiger partial charge < -0.3 is 10.6 Å². The van der Waals surface area contributed by atoms with Crippen molar-refractivity contribution in [3.63, 3.8) is 0 Å². The van der Waals surface area contributed by atoms with Gasteiger partial charge in [-0.25, -0.2) is 0 Å². The largest absolute Gasteiger partial charge is 0.353 e. The van der Waals surface area contributed by atoms with Crippen LogP contribution in [0, 0.1) is 5.92 Å². The maximum Gasteiger partial charge on any atom is 0.221 e. The summed E-state index contributed by atoms with van der Waals surface area (Å²) in [5.41, 5.74) is 0. The lowest BCUT2D eigenvalue weighted by Crippen LogP contribution is -2.34. The van der Waals surface area contributed by atoms with Crippen LogP contribution in [0.3, 0.4) is 0 Å². The first-order valence-corrected chi connectivity index (χ1v) is 6.68. The summed E-state index contributed by atoms with van der Waals surface area (Å²) in [5, 5.41) is 6.41. The fourth-order valence-electron chi connectivity index (χ4n) is 2.09. The van der Waals surface area contributed by atoms with E-state index in [-0.39, 0.29) is 5.91 Å². The molecule has 0 aliphatic heterocycles. The molecule has 0 aromatic heterocycles. The SMILES string of the molecule is CC(C)CCNCCC(=O)NC1CCCC1. The Bertz CT molecular complexity index is 198. The minimum absolute atomic E-state index is 0.212. The fourth-order valence-corrected chi connectivity index (χ4v) is 2.09. The normalized spacial score (nSPS) is 16.9. The lowest BCUT2D eigenvalue weighted by atomic mass is 10.1. The van der Waals surface area contributed by atoms with Gasteiger partial charge in [-0.2, -0.15) is 0 Å². The van der Waals surface area contributed by atoms with Crippen LogP contribution in [0.25, 0.3) is 0 Å². The Labute approximate surface area is 99.4 Å². The van der Waals surface area contributed by atoms with Crippen LogP contribution in [0.15, 0.2) is 0 Å². The maximum absolute atomic E-state index is 11.5. The van der Waals surface area contributed by atoms with Crippen LogP contribution in [0.1, 0.15) is 52.4 Å². The molecule has 1 saturated carbocycles. The highest BCUT2D eigenvalue weighted by molar-refractivity contribution is 5.76. The van der Waals surface area contributed by atoms with Crippen molar-refractivity contribution in [1.82, 2.24) is 10.6 Å². The zero-order valence-corrected chi connectivity index (χ0v) is 10.7. The van der Waals surface area contributed by atoms with Crippen LogP contribution >= 0.6 is 0 Å². The molecule has 1 fully saturated rings. The van der Waals surface area contributed by atoms with Gasteiger partial charge >= 0.3 is 0 Å². The van der Waals surface area contributed by atoms with Gasteiger partial charge in [0.1, 0.15) is 0 Å². The van der Waals surface area contributed by atoms with E-state index in [1.807, 2.05) is 0 Å². The van der Waals surface area contributed by atoms with Crippen LogP contribution < -0.4 is 10.6 Å².